The van der Waals surface area contributed by atoms with Crippen LogP contribution in [-0.4, -0.2) is 56.6 Å². The van der Waals surface area contributed by atoms with Gasteiger partial charge in [0.1, 0.15) is 23.3 Å². The molecule has 0 aliphatic carbocycles. The fourth-order valence-electron chi connectivity index (χ4n) is 5.37. The first-order valence-electron chi connectivity index (χ1n) is 13.5. The number of aliphatic carboxylic acids is 1. The maximum atomic E-state index is 14.3. The molecule has 8 nitrogen and oxygen atoms in total. The van der Waals surface area contributed by atoms with Crippen LogP contribution in [0.4, 0.5) is 34.3 Å². The van der Waals surface area contributed by atoms with Gasteiger partial charge in [-0.2, -0.15) is 13.2 Å². The standard InChI is InChI=1S/C28H32F4N6O2S.CH4/c1-16-5-4-8-38(16)15-21-24(18-11-19(28(30,31)32)13-20(29)12-18)36-26(41-21)35-22-14-23(34-17(2)33-22)37-9-6-27(3,7-10-37)25(39)40;/h11-14,16H,4-10,15H2,1-3H3,(H,39,40)(H,33,34,35,36);1H4/t16-;/m1./s1. The Morgan fingerprint density at radius 1 is 1.14 bits per heavy atom. The van der Waals surface area contributed by atoms with E-state index in [1.54, 1.807) is 19.9 Å². The lowest BCUT2D eigenvalue weighted by Gasteiger charge is -2.37. The van der Waals surface area contributed by atoms with Crippen molar-refractivity contribution >= 4 is 34.1 Å². The van der Waals surface area contributed by atoms with Crippen molar-refractivity contribution in [2.45, 2.75) is 72.6 Å². The number of aryl methyl sites for hydroxylation is 1. The molecular formula is C29H36F4N6O2S. The Kier molecular flexibility index (Phi) is 9.12. The van der Waals surface area contributed by atoms with Crippen LogP contribution in [0, 0.1) is 18.2 Å². The summed E-state index contributed by atoms with van der Waals surface area (Å²) in [6.45, 7) is 8.02. The summed E-state index contributed by atoms with van der Waals surface area (Å²) < 4.78 is 54.8. The molecular weight excluding hydrogens is 572 g/mol. The first kappa shape index (κ1) is 31.6. The van der Waals surface area contributed by atoms with Crippen molar-refractivity contribution in [3.8, 4) is 11.3 Å². The Morgan fingerprint density at radius 3 is 2.48 bits per heavy atom. The maximum Gasteiger partial charge on any atom is 0.416 e. The van der Waals surface area contributed by atoms with E-state index in [4.69, 9.17) is 0 Å². The SMILES string of the molecule is C.Cc1nc(Nc2nc(-c3cc(F)cc(C(F)(F)F)c3)c(CN3CCC[C@H]3C)s2)cc(N2CCC(C)(C(=O)O)CC2)n1. The van der Waals surface area contributed by atoms with Gasteiger partial charge < -0.3 is 15.3 Å². The van der Waals surface area contributed by atoms with E-state index in [0.29, 0.717) is 72.9 Å². The predicted octanol–water partition coefficient (Wildman–Crippen LogP) is 7.12. The summed E-state index contributed by atoms with van der Waals surface area (Å²) in [4.78, 5) is 30.3. The van der Waals surface area contributed by atoms with Gasteiger partial charge in [0.05, 0.1) is 16.7 Å². The van der Waals surface area contributed by atoms with E-state index in [-0.39, 0.29) is 13.0 Å². The topological polar surface area (TPSA) is 94.5 Å². The molecule has 0 spiro atoms. The third-order valence-corrected chi connectivity index (χ3v) is 8.96. The van der Waals surface area contributed by atoms with Crippen LogP contribution in [0.2, 0.25) is 0 Å². The summed E-state index contributed by atoms with van der Waals surface area (Å²) in [6.07, 6.45) is -1.67. The minimum atomic E-state index is -4.69. The average Bonchev–Trinajstić information content (AvgIpc) is 3.48. The lowest BCUT2D eigenvalue weighted by Crippen LogP contribution is -2.43. The Labute approximate surface area is 246 Å². The molecule has 0 radical (unpaired) electrons. The molecule has 4 heterocycles. The van der Waals surface area contributed by atoms with Gasteiger partial charge in [-0.1, -0.05) is 18.8 Å². The molecule has 42 heavy (non-hydrogen) atoms. The molecule has 3 aromatic rings. The van der Waals surface area contributed by atoms with Crippen LogP contribution >= 0.6 is 11.3 Å². The van der Waals surface area contributed by atoms with Gasteiger partial charge in [0.25, 0.3) is 0 Å². The molecule has 0 amide bonds. The third-order valence-electron chi connectivity index (χ3n) is 8.00. The van der Waals surface area contributed by atoms with E-state index in [2.05, 4.69) is 32.1 Å². The molecule has 2 fully saturated rings. The number of thiazole rings is 1. The second kappa shape index (κ2) is 12.1. The zero-order valence-electron chi connectivity index (χ0n) is 23.1. The quantitative estimate of drug-likeness (QED) is 0.274. The molecule has 2 aliphatic heterocycles. The number of carboxylic acids is 1. The minimum Gasteiger partial charge on any atom is -0.481 e. The summed E-state index contributed by atoms with van der Waals surface area (Å²) in [5, 5.41) is 13.2. The minimum absolute atomic E-state index is 0. The lowest BCUT2D eigenvalue weighted by molar-refractivity contribution is -0.149. The van der Waals surface area contributed by atoms with Crippen molar-refractivity contribution < 1.29 is 27.5 Å². The van der Waals surface area contributed by atoms with E-state index >= 15 is 0 Å². The van der Waals surface area contributed by atoms with Gasteiger partial charge in [-0.25, -0.2) is 19.3 Å². The Bertz CT molecular complexity index is 1440. The van der Waals surface area contributed by atoms with E-state index in [0.717, 1.165) is 36.4 Å². The number of carbonyl (C=O) groups is 1. The van der Waals surface area contributed by atoms with Crippen molar-refractivity contribution in [2.24, 2.45) is 5.41 Å². The number of hydrogen-bond acceptors (Lipinski definition) is 8. The second-order valence-corrected chi connectivity index (χ2v) is 12.2. The first-order valence-corrected chi connectivity index (χ1v) is 14.4. The van der Waals surface area contributed by atoms with Crippen molar-refractivity contribution in [2.75, 3.05) is 29.9 Å². The van der Waals surface area contributed by atoms with E-state index < -0.39 is 28.9 Å². The zero-order valence-corrected chi connectivity index (χ0v) is 23.9. The number of halogens is 4. The fourth-order valence-corrected chi connectivity index (χ4v) is 6.39. The molecule has 2 N–H and O–H groups in total. The highest BCUT2D eigenvalue weighted by atomic mass is 32.1. The molecule has 13 heteroatoms. The number of carboxylic acid groups (broad SMARTS) is 1. The summed E-state index contributed by atoms with van der Waals surface area (Å²) >= 11 is 1.30. The molecule has 0 unspecified atom stereocenters. The normalized spacial score (nSPS) is 19.0. The molecule has 1 aromatic carbocycles. The molecule has 0 bridgehead atoms. The number of piperidine rings is 1. The van der Waals surface area contributed by atoms with Gasteiger partial charge in [0.2, 0.25) is 0 Å². The van der Waals surface area contributed by atoms with Crippen LogP contribution in [0.15, 0.2) is 24.3 Å². The smallest absolute Gasteiger partial charge is 0.416 e. The van der Waals surface area contributed by atoms with Crippen molar-refractivity contribution in [1.29, 1.82) is 0 Å². The highest BCUT2D eigenvalue weighted by Gasteiger charge is 2.37. The maximum absolute atomic E-state index is 14.3. The fraction of sp³-hybridized carbons (Fsp3) is 0.517. The van der Waals surface area contributed by atoms with E-state index in [9.17, 15) is 27.5 Å². The summed E-state index contributed by atoms with van der Waals surface area (Å²) in [5.41, 5.74) is -1.47. The highest BCUT2D eigenvalue weighted by Crippen LogP contribution is 2.39. The number of benzene rings is 1. The molecule has 0 saturated carbocycles. The van der Waals surface area contributed by atoms with Gasteiger partial charge in [0.15, 0.2) is 5.13 Å². The molecule has 1 atom stereocenters. The van der Waals surface area contributed by atoms with Crippen molar-refractivity contribution in [1.82, 2.24) is 19.9 Å². The molecule has 228 valence electrons. The average molecular weight is 609 g/mol. The van der Waals surface area contributed by atoms with Gasteiger partial charge in [-0.05, 0) is 71.2 Å². The van der Waals surface area contributed by atoms with Crippen LogP contribution in [0.5, 0.6) is 0 Å². The highest BCUT2D eigenvalue weighted by molar-refractivity contribution is 7.16. The molecule has 2 saturated heterocycles. The second-order valence-electron chi connectivity index (χ2n) is 11.1. The largest absolute Gasteiger partial charge is 0.481 e. The molecule has 2 aliphatic rings. The summed E-state index contributed by atoms with van der Waals surface area (Å²) in [6, 6.07) is 4.58. The van der Waals surface area contributed by atoms with Gasteiger partial charge in [-0.3, -0.25) is 9.69 Å². The Morgan fingerprint density at radius 2 is 1.86 bits per heavy atom. The van der Waals surface area contributed by atoms with E-state index in [1.165, 1.54) is 11.3 Å². The van der Waals surface area contributed by atoms with Crippen molar-refractivity contribution in [3.05, 3.63) is 46.3 Å². The van der Waals surface area contributed by atoms with Gasteiger partial charge in [0, 0.05) is 42.2 Å². The van der Waals surface area contributed by atoms with Crippen LogP contribution in [-0.2, 0) is 17.5 Å². The van der Waals surface area contributed by atoms with Crippen molar-refractivity contribution in [3.63, 3.8) is 0 Å². The third kappa shape index (κ3) is 6.83. The number of hydrogen-bond donors (Lipinski definition) is 2. The predicted molar refractivity (Wildman–Crippen MR) is 156 cm³/mol. The van der Waals surface area contributed by atoms with Gasteiger partial charge >= 0.3 is 12.1 Å². The molecule has 2 aromatic heterocycles. The zero-order chi connectivity index (χ0) is 29.5. The summed E-state index contributed by atoms with van der Waals surface area (Å²) in [5.74, 6) is -0.183. The number of nitrogens with one attached hydrogen (secondary N) is 1. The number of likely N-dealkylation sites (tertiary alicyclic amines) is 1. The number of anilines is 3. The van der Waals surface area contributed by atoms with Crippen LogP contribution in [0.3, 0.4) is 0 Å². The van der Waals surface area contributed by atoms with E-state index in [1.807, 2.05) is 4.90 Å². The van der Waals surface area contributed by atoms with Crippen LogP contribution in [0.1, 0.15) is 63.2 Å². The van der Waals surface area contributed by atoms with Gasteiger partial charge in [-0.15, -0.1) is 0 Å². The monoisotopic (exact) mass is 608 g/mol. The first-order chi connectivity index (χ1) is 19.3. The van der Waals surface area contributed by atoms with Crippen LogP contribution < -0.4 is 10.2 Å². The van der Waals surface area contributed by atoms with Crippen LogP contribution in [0.25, 0.3) is 11.3 Å². The Hall–Kier alpha value is -3.32. The Balaban J connectivity index is 0.00000405. The number of alkyl halides is 3. The summed E-state index contributed by atoms with van der Waals surface area (Å²) in [7, 11) is 0. The molecule has 5 rings (SSSR count). The number of nitrogens with zero attached hydrogens (tertiary/aromatic N) is 5. The lowest BCUT2D eigenvalue weighted by atomic mass is 9.80. The number of aromatic nitrogens is 3. The number of rotatable bonds is 7.